The van der Waals surface area contributed by atoms with Gasteiger partial charge in [0.1, 0.15) is 0 Å². The highest BCUT2D eigenvalue weighted by Crippen LogP contribution is 2.27. The molecule has 0 spiro atoms. The molecule has 1 aliphatic carbocycles. The van der Waals surface area contributed by atoms with E-state index in [4.69, 9.17) is 5.73 Å². The summed E-state index contributed by atoms with van der Waals surface area (Å²) in [7, 11) is 0. The molecule has 0 aromatic carbocycles. The quantitative estimate of drug-likeness (QED) is 0.832. The second-order valence-electron chi connectivity index (χ2n) is 5.95. The number of nitrogens with two attached hydrogens (primary N) is 1. The monoisotopic (exact) mass is 325 g/mol. The molecule has 2 rings (SSSR count). The number of carbonyl (C=O) groups excluding carboxylic acids is 1. The fourth-order valence-corrected chi connectivity index (χ4v) is 3.18. The molecule has 0 atom stereocenters. The van der Waals surface area contributed by atoms with Crippen molar-refractivity contribution in [3.63, 3.8) is 0 Å². The van der Waals surface area contributed by atoms with E-state index in [1.54, 1.807) is 0 Å². The Balaban J connectivity index is 0.00000180. The number of halogens is 2. The average molecular weight is 326 g/mol. The number of hydrogen-bond donors (Lipinski definition) is 2. The summed E-state index contributed by atoms with van der Waals surface area (Å²) < 4.78 is 0. The van der Waals surface area contributed by atoms with Crippen LogP contribution in [0.15, 0.2) is 0 Å². The second-order valence-corrected chi connectivity index (χ2v) is 5.95. The third-order valence-corrected chi connectivity index (χ3v) is 4.41. The van der Waals surface area contributed by atoms with Crippen LogP contribution >= 0.6 is 24.8 Å². The molecule has 0 bridgehead atoms. The highest BCUT2D eigenvalue weighted by atomic mass is 35.5. The topological polar surface area (TPSA) is 58.4 Å². The third kappa shape index (κ3) is 5.06. The molecule has 1 amide bonds. The summed E-state index contributed by atoms with van der Waals surface area (Å²) in [4.78, 5) is 14.7. The van der Waals surface area contributed by atoms with Crippen molar-refractivity contribution in [3.05, 3.63) is 0 Å². The van der Waals surface area contributed by atoms with Crippen molar-refractivity contribution >= 4 is 30.7 Å². The van der Waals surface area contributed by atoms with Gasteiger partial charge in [-0.1, -0.05) is 19.8 Å². The Morgan fingerprint density at radius 1 is 1.25 bits per heavy atom. The van der Waals surface area contributed by atoms with E-state index >= 15 is 0 Å². The molecule has 1 saturated carbocycles. The van der Waals surface area contributed by atoms with Crippen molar-refractivity contribution in [3.8, 4) is 0 Å². The maximum atomic E-state index is 12.2. The molecular formula is C14H29Cl2N3O. The number of likely N-dealkylation sites (tertiary alicyclic amines) is 1. The summed E-state index contributed by atoms with van der Waals surface area (Å²) in [5, 5.41) is 3.17. The minimum atomic E-state index is -0.569. The normalized spacial score (nSPS) is 22.7. The fraction of sp³-hybridized carbons (Fsp3) is 0.929. The minimum absolute atomic E-state index is 0. The van der Waals surface area contributed by atoms with Gasteiger partial charge in [0.2, 0.25) is 5.91 Å². The van der Waals surface area contributed by atoms with Gasteiger partial charge in [0.05, 0.1) is 5.54 Å². The van der Waals surface area contributed by atoms with Gasteiger partial charge in [-0.2, -0.15) is 0 Å². The van der Waals surface area contributed by atoms with Crippen LogP contribution < -0.4 is 11.1 Å². The van der Waals surface area contributed by atoms with Gasteiger partial charge in [0.15, 0.2) is 0 Å². The Labute approximate surface area is 135 Å². The molecule has 1 aliphatic heterocycles. The smallest absolute Gasteiger partial charge is 0.240 e. The van der Waals surface area contributed by atoms with Crippen molar-refractivity contribution in [2.24, 2.45) is 5.73 Å². The predicted molar refractivity (Wildman–Crippen MR) is 87.8 cm³/mol. The van der Waals surface area contributed by atoms with Gasteiger partial charge < -0.3 is 16.0 Å². The Morgan fingerprint density at radius 2 is 1.80 bits per heavy atom. The van der Waals surface area contributed by atoms with Gasteiger partial charge >= 0.3 is 0 Å². The second kappa shape index (κ2) is 9.08. The molecule has 2 aliphatic rings. The molecule has 1 heterocycles. The van der Waals surface area contributed by atoms with Crippen molar-refractivity contribution in [1.82, 2.24) is 10.2 Å². The zero-order chi connectivity index (χ0) is 13.0. The summed E-state index contributed by atoms with van der Waals surface area (Å²) >= 11 is 0. The first-order valence-corrected chi connectivity index (χ1v) is 7.46. The van der Waals surface area contributed by atoms with Crippen LogP contribution in [0.1, 0.15) is 51.9 Å². The standard InChI is InChI=1S/C14H27N3O.2ClH/c1-2-9-17-10-5-12(6-11-17)16-13(18)14(15)7-3-4-8-14;;/h12H,2-11,15H2,1H3,(H,16,18);2*1H. The Morgan fingerprint density at radius 3 is 2.30 bits per heavy atom. The van der Waals surface area contributed by atoms with E-state index in [-0.39, 0.29) is 30.7 Å². The average Bonchev–Trinajstić information content (AvgIpc) is 2.80. The number of piperidine rings is 1. The number of amides is 1. The third-order valence-electron chi connectivity index (χ3n) is 4.41. The molecule has 20 heavy (non-hydrogen) atoms. The summed E-state index contributed by atoms with van der Waals surface area (Å²) in [6, 6.07) is 0.339. The first kappa shape index (κ1) is 20.0. The van der Waals surface area contributed by atoms with Gasteiger partial charge in [-0.15, -0.1) is 24.8 Å². The van der Waals surface area contributed by atoms with Crippen LogP contribution in [0.5, 0.6) is 0 Å². The van der Waals surface area contributed by atoms with Crippen LogP contribution in [0.4, 0.5) is 0 Å². The van der Waals surface area contributed by atoms with E-state index in [9.17, 15) is 4.79 Å². The van der Waals surface area contributed by atoms with Crippen molar-refractivity contribution in [2.45, 2.75) is 63.5 Å². The van der Waals surface area contributed by atoms with Gasteiger partial charge in [-0.25, -0.2) is 0 Å². The van der Waals surface area contributed by atoms with Crippen LogP contribution in [0.25, 0.3) is 0 Å². The number of carbonyl (C=O) groups is 1. The van der Waals surface area contributed by atoms with Crippen LogP contribution in [0.3, 0.4) is 0 Å². The van der Waals surface area contributed by atoms with Crippen molar-refractivity contribution < 1.29 is 4.79 Å². The molecule has 6 heteroatoms. The fourth-order valence-electron chi connectivity index (χ4n) is 3.18. The van der Waals surface area contributed by atoms with Gasteiger partial charge in [-0.05, 0) is 38.6 Å². The lowest BCUT2D eigenvalue weighted by atomic mass is 9.96. The molecule has 0 aromatic rings. The molecule has 0 radical (unpaired) electrons. The highest BCUT2D eigenvalue weighted by molar-refractivity contribution is 5.86. The highest BCUT2D eigenvalue weighted by Gasteiger charge is 2.38. The molecule has 120 valence electrons. The van der Waals surface area contributed by atoms with Crippen molar-refractivity contribution in [1.29, 1.82) is 0 Å². The van der Waals surface area contributed by atoms with E-state index in [2.05, 4.69) is 17.1 Å². The maximum absolute atomic E-state index is 12.2. The molecule has 0 aromatic heterocycles. The summed E-state index contributed by atoms with van der Waals surface area (Å²) in [5.74, 6) is 0.0916. The Hall–Kier alpha value is -0.0300. The van der Waals surface area contributed by atoms with Gasteiger partial charge in [0, 0.05) is 19.1 Å². The zero-order valence-corrected chi connectivity index (χ0v) is 14.0. The first-order chi connectivity index (χ1) is 8.64. The number of nitrogens with one attached hydrogen (secondary N) is 1. The molecule has 4 nitrogen and oxygen atoms in total. The van der Waals surface area contributed by atoms with E-state index in [0.717, 1.165) is 51.6 Å². The molecule has 1 saturated heterocycles. The SMILES string of the molecule is CCCN1CCC(NC(=O)C2(N)CCCC2)CC1.Cl.Cl. The molecule has 0 unspecified atom stereocenters. The molecule has 3 N–H and O–H groups in total. The van der Waals surface area contributed by atoms with E-state index in [1.807, 2.05) is 0 Å². The molecule has 2 fully saturated rings. The van der Waals surface area contributed by atoms with Crippen LogP contribution in [-0.4, -0.2) is 42.0 Å². The van der Waals surface area contributed by atoms with E-state index < -0.39 is 5.54 Å². The lowest BCUT2D eigenvalue weighted by molar-refractivity contribution is -0.127. The van der Waals surface area contributed by atoms with E-state index in [1.165, 1.54) is 13.0 Å². The van der Waals surface area contributed by atoms with Crippen LogP contribution in [0, 0.1) is 0 Å². The largest absolute Gasteiger partial charge is 0.352 e. The van der Waals surface area contributed by atoms with E-state index in [0.29, 0.717) is 6.04 Å². The first-order valence-electron chi connectivity index (χ1n) is 7.46. The Kier molecular flexibility index (Phi) is 9.07. The summed E-state index contributed by atoms with van der Waals surface area (Å²) in [6.45, 7) is 5.61. The summed E-state index contributed by atoms with van der Waals surface area (Å²) in [5.41, 5.74) is 5.60. The molecular weight excluding hydrogens is 297 g/mol. The van der Waals surface area contributed by atoms with Crippen LogP contribution in [-0.2, 0) is 4.79 Å². The lowest BCUT2D eigenvalue weighted by Gasteiger charge is -2.34. The maximum Gasteiger partial charge on any atom is 0.240 e. The lowest BCUT2D eigenvalue weighted by Crippen LogP contribution is -2.56. The van der Waals surface area contributed by atoms with Gasteiger partial charge in [-0.3, -0.25) is 4.79 Å². The number of rotatable bonds is 4. The van der Waals surface area contributed by atoms with Gasteiger partial charge in [0.25, 0.3) is 0 Å². The Bertz CT molecular complexity index is 288. The number of nitrogens with zero attached hydrogens (tertiary/aromatic N) is 1. The zero-order valence-electron chi connectivity index (χ0n) is 12.4. The summed E-state index contributed by atoms with van der Waals surface area (Å²) in [6.07, 6.45) is 7.26. The van der Waals surface area contributed by atoms with Crippen LogP contribution in [0.2, 0.25) is 0 Å². The predicted octanol–water partition coefficient (Wildman–Crippen LogP) is 2.09. The van der Waals surface area contributed by atoms with Crippen molar-refractivity contribution in [2.75, 3.05) is 19.6 Å². The minimum Gasteiger partial charge on any atom is -0.352 e. The number of hydrogen-bond acceptors (Lipinski definition) is 3.